The Labute approximate surface area is 335 Å². The van der Waals surface area contributed by atoms with E-state index in [4.69, 9.17) is 4.98 Å². The number of fused-ring (bicyclic) bond motifs is 2. The molecular formula is C41H55F4N9O4. The molecule has 4 amide bonds. The summed E-state index contributed by atoms with van der Waals surface area (Å²) >= 11 is 0. The highest BCUT2D eigenvalue weighted by atomic mass is 19.1. The highest BCUT2D eigenvalue weighted by Crippen LogP contribution is 2.37. The average Bonchev–Trinajstić information content (AvgIpc) is 3.93. The van der Waals surface area contributed by atoms with Gasteiger partial charge in [0.05, 0.1) is 48.9 Å². The Bertz CT molecular complexity index is 2070. The maximum Gasteiger partial charge on any atom is 0.245 e. The van der Waals surface area contributed by atoms with Crippen LogP contribution in [0.5, 0.6) is 0 Å². The number of carbonyl (C=O) groups excluding carboxylic acids is 4. The molecule has 2 aromatic heterocycles. The fourth-order valence-corrected chi connectivity index (χ4v) is 7.65. The Kier molecular flexibility index (Phi) is 14.9. The molecule has 2 aliphatic heterocycles. The van der Waals surface area contributed by atoms with Crippen LogP contribution in [0, 0.1) is 17.6 Å². The van der Waals surface area contributed by atoms with Gasteiger partial charge in [-0.2, -0.15) is 0 Å². The Hall–Kier alpha value is -5.03. The largest absolute Gasteiger partial charge is 0.352 e. The lowest BCUT2D eigenvalue weighted by molar-refractivity contribution is -0.137. The summed E-state index contributed by atoms with van der Waals surface area (Å²) in [6.45, 7) is 8.36. The molecule has 6 rings (SSSR count). The van der Waals surface area contributed by atoms with E-state index in [1.807, 2.05) is 6.92 Å². The molecule has 0 bridgehead atoms. The number of rotatable bonds is 15. The highest BCUT2D eigenvalue weighted by molar-refractivity contribution is 5.92. The molecule has 6 atom stereocenters. The van der Waals surface area contributed by atoms with Crippen molar-refractivity contribution in [2.75, 3.05) is 40.3 Å². The molecule has 0 radical (unpaired) electrons. The number of alkyl halides is 2. The summed E-state index contributed by atoms with van der Waals surface area (Å²) in [6, 6.07) is 6.70. The maximum absolute atomic E-state index is 15.1. The van der Waals surface area contributed by atoms with E-state index in [-0.39, 0.29) is 63.3 Å². The third-order valence-electron chi connectivity index (χ3n) is 10.9. The second-order valence-corrected chi connectivity index (χ2v) is 15.5. The van der Waals surface area contributed by atoms with Crippen molar-refractivity contribution in [3.8, 4) is 11.5 Å². The van der Waals surface area contributed by atoms with Crippen molar-refractivity contribution in [1.82, 2.24) is 45.6 Å². The van der Waals surface area contributed by atoms with Crippen LogP contribution in [0.25, 0.3) is 33.5 Å². The van der Waals surface area contributed by atoms with Gasteiger partial charge in [0, 0.05) is 48.4 Å². The van der Waals surface area contributed by atoms with Crippen molar-refractivity contribution in [3.63, 3.8) is 0 Å². The van der Waals surface area contributed by atoms with E-state index >= 15 is 4.39 Å². The Morgan fingerprint density at radius 2 is 1.55 bits per heavy atom. The van der Waals surface area contributed by atoms with Crippen LogP contribution in [0.4, 0.5) is 17.6 Å². The molecule has 2 fully saturated rings. The topological polar surface area (TPSA) is 156 Å². The predicted molar refractivity (Wildman–Crippen MR) is 214 cm³/mol. The van der Waals surface area contributed by atoms with Gasteiger partial charge >= 0.3 is 0 Å². The number of likely N-dealkylation sites (N-methyl/N-ethyl adjacent to an activating group) is 2. The zero-order valence-corrected chi connectivity index (χ0v) is 33.9. The van der Waals surface area contributed by atoms with E-state index in [1.54, 1.807) is 37.7 Å². The molecule has 0 saturated carbocycles. The summed E-state index contributed by atoms with van der Waals surface area (Å²) in [4.78, 5) is 59.6. The maximum atomic E-state index is 15.1. The first-order valence-electron chi connectivity index (χ1n) is 19.8. The monoisotopic (exact) mass is 813 g/mol. The number of benzene rings is 2. The van der Waals surface area contributed by atoms with Gasteiger partial charge in [0.2, 0.25) is 24.1 Å². The molecule has 2 aliphatic rings. The van der Waals surface area contributed by atoms with Gasteiger partial charge in [-0.15, -0.1) is 0 Å². The number of aromatic amines is 1. The van der Waals surface area contributed by atoms with Crippen molar-refractivity contribution in [2.45, 2.75) is 96.4 Å². The smallest absolute Gasteiger partial charge is 0.245 e. The van der Waals surface area contributed by atoms with Gasteiger partial charge in [0.1, 0.15) is 30.0 Å². The molecule has 17 heteroatoms. The SMILES string of the molecule is CCC(NC(=O)CNC)C(=O)N1CC(F)CC1Cc1c(-c2nc3cc(F)ccc3n2CC2CC(F)CN2C=O)[nH]c2cc(F)ccc12.CNCC(=O)NC(C)C(C)C. The number of halogens is 4. The van der Waals surface area contributed by atoms with Crippen LogP contribution in [0.2, 0.25) is 0 Å². The van der Waals surface area contributed by atoms with Crippen LogP contribution in [-0.2, 0) is 32.1 Å². The number of H-pyrrole nitrogens is 1. The van der Waals surface area contributed by atoms with Crippen LogP contribution in [-0.4, -0.2) is 125 Å². The molecule has 13 nitrogen and oxygen atoms in total. The molecule has 5 N–H and O–H groups in total. The molecule has 6 unspecified atom stereocenters. The molecule has 2 saturated heterocycles. The predicted octanol–water partition coefficient (Wildman–Crippen LogP) is 3.99. The molecule has 2 aromatic carbocycles. The lowest BCUT2D eigenvalue weighted by Gasteiger charge is -2.29. The second kappa shape index (κ2) is 19.6. The third-order valence-corrected chi connectivity index (χ3v) is 10.9. The van der Waals surface area contributed by atoms with E-state index in [2.05, 4.69) is 40.1 Å². The zero-order chi connectivity index (χ0) is 42.3. The number of hydrogen-bond acceptors (Lipinski definition) is 7. The van der Waals surface area contributed by atoms with Gasteiger partial charge in [0.15, 0.2) is 5.82 Å². The number of likely N-dealkylation sites (tertiary alicyclic amines) is 2. The highest BCUT2D eigenvalue weighted by Gasteiger charge is 2.39. The Morgan fingerprint density at radius 3 is 2.21 bits per heavy atom. The van der Waals surface area contributed by atoms with Crippen molar-refractivity contribution in [1.29, 1.82) is 0 Å². The fraction of sp³-hybridized carbons (Fsp3) is 0.537. The number of imidazole rings is 1. The molecule has 4 heterocycles. The summed E-state index contributed by atoms with van der Waals surface area (Å²) < 4.78 is 60.1. The summed E-state index contributed by atoms with van der Waals surface area (Å²) in [7, 11) is 3.38. The summed E-state index contributed by atoms with van der Waals surface area (Å²) in [5.41, 5.74) is 2.42. The van der Waals surface area contributed by atoms with Crippen LogP contribution in [0.15, 0.2) is 36.4 Å². The van der Waals surface area contributed by atoms with Crippen molar-refractivity contribution in [2.24, 2.45) is 5.92 Å². The first-order valence-corrected chi connectivity index (χ1v) is 19.8. The minimum Gasteiger partial charge on any atom is -0.352 e. The number of hydrogen-bond donors (Lipinski definition) is 5. The van der Waals surface area contributed by atoms with Crippen LogP contribution < -0.4 is 21.3 Å². The van der Waals surface area contributed by atoms with Crippen molar-refractivity contribution >= 4 is 46.1 Å². The second-order valence-electron chi connectivity index (χ2n) is 15.5. The number of nitrogens with zero attached hydrogens (tertiary/aromatic N) is 4. The average molecular weight is 814 g/mol. The standard InChI is InChI=1S/C33H37F4N7O3.C8H18N2O/c1-3-26(39-30(46)13-38-2)33(47)43-15-21(37)8-22(43)12-25-24-6-4-18(34)10-27(24)40-31(25)32-41-28-11-19(35)5-7-29(28)44(32)16-23-9-20(36)14-42(23)17-45;1-6(2)7(3)10-8(11)5-9-4/h4-7,10-11,17,20-23,26,38,40H,3,8-9,12-16H2,1-2H3,(H,39,46);6-7,9H,5H2,1-4H3,(H,10,11). The minimum atomic E-state index is -1.29. The van der Waals surface area contributed by atoms with E-state index in [9.17, 15) is 32.3 Å². The van der Waals surface area contributed by atoms with Gasteiger partial charge in [-0.25, -0.2) is 22.5 Å². The van der Waals surface area contributed by atoms with E-state index in [1.165, 1.54) is 34.1 Å². The summed E-state index contributed by atoms with van der Waals surface area (Å²) in [6.07, 6.45) is -1.22. The zero-order valence-electron chi connectivity index (χ0n) is 33.9. The minimum absolute atomic E-state index is 0.0244. The first kappa shape index (κ1) is 44.1. The number of amides is 4. The lowest BCUT2D eigenvalue weighted by Crippen LogP contribution is -2.51. The molecule has 58 heavy (non-hydrogen) atoms. The first-order chi connectivity index (χ1) is 27.7. The Balaban J connectivity index is 0.000000510. The van der Waals surface area contributed by atoms with Gasteiger partial charge in [-0.3, -0.25) is 19.2 Å². The van der Waals surface area contributed by atoms with Crippen LogP contribution in [0.1, 0.15) is 52.5 Å². The van der Waals surface area contributed by atoms with Crippen molar-refractivity contribution in [3.05, 3.63) is 53.6 Å². The van der Waals surface area contributed by atoms with E-state index < -0.39 is 48.0 Å². The Morgan fingerprint density at radius 1 is 0.914 bits per heavy atom. The normalized spacial score (nSPS) is 20.3. The fourth-order valence-electron chi connectivity index (χ4n) is 7.65. The van der Waals surface area contributed by atoms with Gasteiger partial charge in [0.25, 0.3) is 0 Å². The van der Waals surface area contributed by atoms with Gasteiger partial charge < -0.3 is 40.6 Å². The van der Waals surface area contributed by atoms with E-state index in [0.717, 1.165) is 0 Å². The number of aromatic nitrogens is 3. The van der Waals surface area contributed by atoms with Crippen molar-refractivity contribution < 1.29 is 36.7 Å². The molecule has 0 aliphatic carbocycles. The lowest BCUT2D eigenvalue weighted by atomic mass is 9.99. The third kappa shape index (κ3) is 10.3. The van der Waals surface area contributed by atoms with Crippen LogP contribution in [0.3, 0.4) is 0 Å². The van der Waals surface area contributed by atoms with E-state index in [0.29, 0.717) is 64.3 Å². The van der Waals surface area contributed by atoms with Crippen LogP contribution >= 0.6 is 0 Å². The summed E-state index contributed by atoms with van der Waals surface area (Å²) in [5.74, 6) is -0.834. The molecular weight excluding hydrogens is 759 g/mol. The van der Waals surface area contributed by atoms with Gasteiger partial charge in [-0.05, 0) is 75.7 Å². The molecule has 4 aromatic rings. The number of carbonyl (C=O) groups is 4. The molecule has 316 valence electrons. The summed E-state index contributed by atoms with van der Waals surface area (Å²) in [5, 5.41) is 11.8. The quantitative estimate of drug-likeness (QED) is 0.0899. The number of nitrogens with one attached hydrogen (secondary N) is 5. The molecule has 0 spiro atoms. The van der Waals surface area contributed by atoms with Gasteiger partial charge in [-0.1, -0.05) is 20.8 Å².